The minimum atomic E-state index is -2.65. The van der Waals surface area contributed by atoms with E-state index in [0.717, 1.165) is 15.6 Å². The van der Waals surface area contributed by atoms with Gasteiger partial charge in [0, 0.05) is 5.57 Å². The zero-order valence-corrected chi connectivity index (χ0v) is 11.6. The summed E-state index contributed by atoms with van der Waals surface area (Å²) in [5.41, 5.74) is 0.376. The summed E-state index contributed by atoms with van der Waals surface area (Å²) in [5, 5.41) is 2.46. The van der Waals surface area contributed by atoms with Gasteiger partial charge in [-0.05, 0) is 43.3 Å². The third-order valence-corrected chi connectivity index (χ3v) is 6.49. The normalized spacial score (nSPS) is 10.5. The summed E-state index contributed by atoms with van der Waals surface area (Å²) >= 11 is 0. The van der Waals surface area contributed by atoms with Crippen molar-refractivity contribution in [1.82, 2.24) is 0 Å². The Morgan fingerprint density at radius 2 is 1.19 bits per heavy atom. The van der Waals surface area contributed by atoms with E-state index in [1.165, 1.54) is 0 Å². The third-order valence-electron chi connectivity index (χ3n) is 2.40. The van der Waals surface area contributed by atoms with Gasteiger partial charge in [0.2, 0.25) is 0 Å². The SMILES string of the molecule is C=C(C)C(=O)O[Si](C(=C)C)(C(=C)C)C(=C)C. The molecule has 0 fully saturated rings. The number of rotatable bonds is 5. The lowest BCUT2D eigenvalue weighted by Crippen LogP contribution is -2.45. The van der Waals surface area contributed by atoms with Crippen molar-refractivity contribution < 1.29 is 9.22 Å². The van der Waals surface area contributed by atoms with Crippen LogP contribution in [0.4, 0.5) is 0 Å². The van der Waals surface area contributed by atoms with Crippen LogP contribution in [0.3, 0.4) is 0 Å². The molecule has 88 valence electrons. The Morgan fingerprint density at radius 1 is 0.875 bits per heavy atom. The van der Waals surface area contributed by atoms with Gasteiger partial charge < -0.3 is 4.43 Å². The van der Waals surface area contributed by atoms with Crippen molar-refractivity contribution in [2.24, 2.45) is 0 Å². The molecule has 0 aromatic carbocycles. The summed E-state index contributed by atoms with van der Waals surface area (Å²) in [6, 6.07) is 0. The topological polar surface area (TPSA) is 26.3 Å². The van der Waals surface area contributed by atoms with E-state index in [1.807, 2.05) is 20.8 Å². The summed E-state index contributed by atoms with van der Waals surface area (Å²) in [4.78, 5) is 11.7. The van der Waals surface area contributed by atoms with Gasteiger partial charge >= 0.3 is 14.3 Å². The molecule has 3 heteroatoms. The molecule has 0 aliphatic carbocycles. The fourth-order valence-corrected chi connectivity index (χ4v) is 4.74. The number of allylic oxidation sites excluding steroid dienone is 3. The van der Waals surface area contributed by atoms with Gasteiger partial charge in [0.15, 0.2) is 0 Å². The van der Waals surface area contributed by atoms with E-state index < -0.39 is 14.3 Å². The van der Waals surface area contributed by atoms with Crippen molar-refractivity contribution in [2.45, 2.75) is 27.7 Å². The smallest absolute Gasteiger partial charge is 0.336 e. The van der Waals surface area contributed by atoms with Gasteiger partial charge in [-0.25, -0.2) is 4.79 Å². The molecule has 0 saturated carbocycles. The van der Waals surface area contributed by atoms with Crippen molar-refractivity contribution in [2.75, 3.05) is 0 Å². The van der Waals surface area contributed by atoms with Crippen LogP contribution in [0.15, 0.2) is 47.5 Å². The fourth-order valence-electron chi connectivity index (χ4n) is 1.58. The molecule has 0 N–H and O–H groups in total. The van der Waals surface area contributed by atoms with Crippen molar-refractivity contribution in [1.29, 1.82) is 0 Å². The lowest BCUT2D eigenvalue weighted by molar-refractivity contribution is -0.130. The van der Waals surface area contributed by atoms with E-state index in [-0.39, 0.29) is 0 Å². The van der Waals surface area contributed by atoms with Crippen LogP contribution in [0.5, 0.6) is 0 Å². The predicted molar refractivity (Wildman–Crippen MR) is 71.1 cm³/mol. The standard InChI is InChI=1S/C13H20O2Si/c1-9(2)13(14)15-16(10(3)4,11(5)6)12(7)8/h1,3,5,7H2,2,4,6,8H3. The minimum Gasteiger partial charge on any atom is -0.503 e. The summed E-state index contributed by atoms with van der Waals surface area (Å²) in [6.45, 7) is 22.5. The Kier molecular flexibility index (Phi) is 4.69. The van der Waals surface area contributed by atoms with Crippen LogP contribution in [0.25, 0.3) is 0 Å². The summed E-state index contributed by atoms with van der Waals surface area (Å²) in [5.74, 6) is -0.402. The van der Waals surface area contributed by atoms with E-state index in [1.54, 1.807) is 6.92 Å². The average Bonchev–Trinajstić information content (AvgIpc) is 2.11. The van der Waals surface area contributed by atoms with Gasteiger partial charge in [-0.1, -0.05) is 6.58 Å². The predicted octanol–water partition coefficient (Wildman–Crippen LogP) is 3.40. The lowest BCUT2D eigenvalue weighted by atomic mass is 10.4. The van der Waals surface area contributed by atoms with Gasteiger partial charge in [-0.15, -0.1) is 19.7 Å². The molecule has 0 aromatic rings. The number of hydrogen-bond acceptors (Lipinski definition) is 2. The molecule has 16 heavy (non-hydrogen) atoms. The van der Waals surface area contributed by atoms with Crippen molar-refractivity contribution >= 4 is 14.3 Å². The largest absolute Gasteiger partial charge is 0.503 e. The second kappa shape index (κ2) is 5.12. The summed E-state index contributed by atoms with van der Waals surface area (Å²) in [7, 11) is -2.65. The highest BCUT2D eigenvalue weighted by Crippen LogP contribution is 2.29. The minimum absolute atomic E-state index is 0.376. The lowest BCUT2D eigenvalue weighted by Gasteiger charge is -2.32. The maximum atomic E-state index is 11.7. The van der Waals surface area contributed by atoms with Gasteiger partial charge in [0.05, 0.1) is 0 Å². The average molecular weight is 236 g/mol. The Morgan fingerprint density at radius 3 is 1.38 bits per heavy atom. The highest BCUT2D eigenvalue weighted by molar-refractivity contribution is 6.93. The number of carbonyl (C=O) groups is 1. The van der Waals surface area contributed by atoms with E-state index >= 15 is 0 Å². The highest BCUT2D eigenvalue weighted by atomic mass is 28.4. The first-order valence-electron chi connectivity index (χ1n) is 5.03. The van der Waals surface area contributed by atoms with Gasteiger partial charge in [-0.2, -0.15) is 0 Å². The molecule has 2 nitrogen and oxygen atoms in total. The van der Waals surface area contributed by atoms with Crippen LogP contribution >= 0.6 is 0 Å². The Hall–Kier alpha value is -1.35. The summed E-state index contributed by atoms with van der Waals surface area (Å²) < 4.78 is 5.59. The Labute approximate surface area is 99.1 Å². The van der Waals surface area contributed by atoms with Crippen LogP contribution < -0.4 is 0 Å². The molecule has 0 heterocycles. The third kappa shape index (κ3) is 2.61. The molecule has 0 rings (SSSR count). The highest BCUT2D eigenvalue weighted by Gasteiger charge is 2.42. The molecule has 0 aliphatic heterocycles. The molecule has 0 amide bonds. The molecule has 0 saturated heterocycles. The molecular formula is C13H20O2Si. The number of carbonyl (C=O) groups excluding carboxylic acids is 1. The second-order valence-corrected chi connectivity index (χ2v) is 8.32. The van der Waals surface area contributed by atoms with Crippen LogP contribution in [0.2, 0.25) is 0 Å². The van der Waals surface area contributed by atoms with Crippen molar-refractivity contribution in [3.63, 3.8) is 0 Å². The molecule has 0 bridgehead atoms. The molecule has 0 radical (unpaired) electrons. The van der Waals surface area contributed by atoms with E-state index in [4.69, 9.17) is 4.43 Å². The zero-order chi connectivity index (χ0) is 13.1. The quantitative estimate of drug-likeness (QED) is 0.540. The van der Waals surface area contributed by atoms with E-state index in [2.05, 4.69) is 26.3 Å². The van der Waals surface area contributed by atoms with Gasteiger partial charge in [0.1, 0.15) is 0 Å². The Balaban J connectivity index is 5.48. The number of hydrogen-bond donors (Lipinski definition) is 0. The maximum Gasteiger partial charge on any atom is 0.336 e. The van der Waals surface area contributed by atoms with E-state index in [0.29, 0.717) is 5.57 Å². The molecule has 0 unspecified atom stereocenters. The Bertz CT molecular complexity index is 341. The van der Waals surface area contributed by atoms with Gasteiger partial charge in [0.25, 0.3) is 0 Å². The maximum absolute atomic E-state index is 11.7. The first-order chi connectivity index (χ1) is 7.16. The van der Waals surface area contributed by atoms with Crippen LogP contribution in [-0.4, -0.2) is 14.3 Å². The van der Waals surface area contributed by atoms with Gasteiger partial charge in [-0.3, -0.25) is 0 Å². The molecular weight excluding hydrogens is 216 g/mol. The molecule has 0 atom stereocenters. The van der Waals surface area contributed by atoms with Crippen molar-refractivity contribution in [3.8, 4) is 0 Å². The monoisotopic (exact) mass is 236 g/mol. The van der Waals surface area contributed by atoms with Crippen molar-refractivity contribution in [3.05, 3.63) is 47.5 Å². The fraction of sp³-hybridized carbons (Fsp3) is 0.308. The van der Waals surface area contributed by atoms with Crippen LogP contribution in [0.1, 0.15) is 27.7 Å². The molecule has 0 spiro atoms. The zero-order valence-electron chi connectivity index (χ0n) is 10.6. The first kappa shape index (κ1) is 14.6. The molecule has 0 aliphatic rings. The summed E-state index contributed by atoms with van der Waals surface area (Å²) in [6.07, 6.45) is 0. The molecule has 0 aromatic heterocycles. The van der Waals surface area contributed by atoms with Crippen LogP contribution in [0, 0.1) is 0 Å². The first-order valence-corrected chi connectivity index (χ1v) is 6.93. The second-order valence-electron chi connectivity index (χ2n) is 4.19. The van der Waals surface area contributed by atoms with E-state index in [9.17, 15) is 4.79 Å². The van der Waals surface area contributed by atoms with Crippen LogP contribution in [-0.2, 0) is 9.22 Å².